The summed E-state index contributed by atoms with van der Waals surface area (Å²) in [5.74, 6) is -0.916. The molecule has 1 aliphatic rings. The van der Waals surface area contributed by atoms with Gasteiger partial charge >= 0.3 is 0 Å². The fraction of sp³-hybridized carbons (Fsp3) is 0.138. The number of nitro groups is 1. The number of aryl methyl sites for hydroxylation is 1. The quantitative estimate of drug-likeness (QED) is 0.255. The molecule has 0 saturated carbocycles. The topological polar surface area (TPSA) is 110 Å². The molecule has 0 fully saturated rings. The number of hydrogen-bond acceptors (Lipinski definition) is 5. The number of nitro benzene ring substituents is 1. The summed E-state index contributed by atoms with van der Waals surface area (Å²) >= 11 is 0. The molecule has 1 atom stereocenters. The average molecular weight is 546 g/mol. The lowest BCUT2D eigenvalue weighted by molar-refractivity contribution is -0.385. The number of nitrogens with zero attached hydrogens (tertiary/aromatic N) is 2. The van der Waals surface area contributed by atoms with Gasteiger partial charge in [-0.25, -0.2) is 12.8 Å². The molecule has 5 rings (SSSR count). The highest BCUT2D eigenvalue weighted by molar-refractivity contribution is 7.93. The smallest absolute Gasteiger partial charge is 0.274 e. The molecule has 0 aromatic heterocycles. The molecule has 1 heterocycles. The van der Waals surface area contributed by atoms with Crippen molar-refractivity contribution in [2.24, 2.45) is 0 Å². The second kappa shape index (κ2) is 10.3. The minimum Gasteiger partial charge on any atom is -0.350 e. The first-order chi connectivity index (χ1) is 18.7. The predicted molar refractivity (Wildman–Crippen MR) is 145 cm³/mol. The normalized spacial score (nSPS) is 14.6. The number of sulfonamides is 1. The van der Waals surface area contributed by atoms with Gasteiger partial charge in [-0.2, -0.15) is 0 Å². The van der Waals surface area contributed by atoms with Crippen molar-refractivity contribution in [3.8, 4) is 11.1 Å². The van der Waals surface area contributed by atoms with Gasteiger partial charge in [0.25, 0.3) is 15.7 Å². The van der Waals surface area contributed by atoms with Gasteiger partial charge in [0.05, 0.1) is 15.5 Å². The van der Waals surface area contributed by atoms with Crippen molar-refractivity contribution in [1.82, 2.24) is 5.32 Å². The molecule has 0 saturated heterocycles. The van der Waals surface area contributed by atoms with E-state index in [9.17, 15) is 27.7 Å². The van der Waals surface area contributed by atoms with Crippen LogP contribution in [0.25, 0.3) is 11.1 Å². The Kier molecular flexibility index (Phi) is 6.88. The first-order valence-electron chi connectivity index (χ1n) is 12.2. The number of hydrogen-bond donors (Lipinski definition) is 1. The molecule has 1 aliphatic heterocycles. The molecular formula is C29H24FN3O5S. The Morgan fingerprint density at radius 3 is 2.44 bits per heavy atom. The molecular weight excluding hydrogens is 521 g/mol. The van der Waals surface area contributed by atoms with Crippen molar-refractivity contribution in [1.29, 1.82) is 0 Å². The van der Waals surface area contributed by atoms with Gasteiger partial charge < -0.3 is 5.32 Å². The molecule has 1 amide bonds. The molecule has 198 valence electrons. The molecule has 0 aliphatic carbocycles. The molecule has 4 aromatic rings. The summed E-state index contributed by atoms with van der Waals surface area (Å²) in [5, 5.41) is 14.0. The molecule has 39 heavy (non-hydrogen) atoms. The number of carbonyl (C=O) groups excluding carboxylic acids is 1. The third-order valence-electron chi connectivity index (χ3n) is 6.78. The maximum absolute atomic E-state index is 13.9. The maximum Gasteiger partial charge on any atom is 0.274 e. The SMILES string of the molecule is Cc1cc(F)ccc1-c1ccc(S(=O)(=O)N2c3ccccc3C[C@H]2C(=O)NCc2ccccc2[N+](=O)[O-])cc1. The average Bonchev–Trinajstić information content (AvgIpc) is 3.33. The van der Waals surface area contributed by atoms with Gasteiger partial charge in [-0.15, -0.1) is 0 Å². The van der Waals surface area contributed by atoms with Crippen LogP contribution in [0.5, 0.6) is 0 Å². The van der Waals surface area contributed by atoms with Gasteiger partial charge in [0.2, 0.25) is 5.91 Å². The molecule has 0 spiro atoms. The van der Waals surface area contributed by atoms with E-state index in [0.717, 1.165) is 21.0 Å². The lowest BCUT2D eigenvalue weighted by Gasteiger charge is -2.26. The molecule has 0 unspecified atom stereocenters. The molecule has 1 N–H and O–H groups in total. The Labute approximate surface area is 224 Å². The van der Waals surface area contributed by atoms with E-state index < -0.39 is 26.9 Å². The van der Waals surface area contributed by atoms with Crippen molar-refractivity contribution < 1.29 is 22.5 Å². The van der Waals surface area contributed by atoms with Gasteiger partial charge in [0.15, 0.2) is 0 Å². The van der Waals surface area contributed by atoms with Crippen LogP contribution in [0.1, 0.15) is 16.7 Å². The predicted octanol–water partition coefficient (Wildman–Crippen LogP) is 5.15. The number of nitrogens with one attached hydrogen (secondary N) is 1. The number of halogens is 1. The molecule has 10 heteroatoms. The summed E-state index contributed by atoms with van der Waals surface area (Å²) in [5.41, 5.74) is 3.51. The Bertz CT molecular complexity index is 1690. The van der Waals surface area contributed by atoms with E-state index in [1.807, 2.05) is 0 Å². The van der Waals surface area contributed by atoms with Crippen molar-refractivity contribution in [3.63, 3.8) is 0 Å². The van der Waals surface area contributed by atoms with Crippen LogP contribution in [-0.2, 0) is 27.8 Å². The summed E-state index contributed by atoms with van der Waals surface area (Å²) in [6.07, 6.45) is 0.158. The van der Waals surface area contributed by atoms with Crippen molar-refractivity contribution >= 4 is 27.3 Å². The van der Waals surface area contributed by atoms with Gasteiger partial charge in [-0.1, -0.05) is 54.6 Å². The zero-order valence-electron chi connectivity index (χ0n) is 20.9. The van der Waals surface area contributed by atoms with E-state index in [-0.39, 0.29) is 29.4 Å². The lowest BCUT2D eigenvalue weighted by Crippen LogP contribution is -2.47. The first kappa shape index (κ1) is 26.1. The second-order valence-corrected chi connectivity index (χ2v) is 11.1. The number of carbonyl (C=O) groups is 1. The number of anilines is 1. The van der Waals surface area contributed by atoms with Crippen molar-refractivity contribution in [2.45, 2.75) is 30.8 Å². The third-order valence-corrected chi connectivity index (χ3v) is 8.62. The number of para-hydroxylation sites is 2. The Balaban J connectivity index is 1.44. The van der Waals surface area contributed by atoms with Crippen LogP contribution < -0.4 is 9.62 Å². The molecule has 4 aromatic carbocycles. The summed E-state index contributed by atoms with van der Waals surface area (Å²) in [6.45, 7) is 1.65. The summed E-state index contributed by atoms with van der Waals surface area (Å²) in [7, 11) is -4.16. The van der Waals surface area contributed by atoms with Crippen LogP contribution in [0, 0.1) is 22.9 Å². The van der Waals surface area contributed by atoms with E-state index >= 15 is 0 Å². The van der Waals surface area contributed by atoms with E-state index in [1.165, 1.54) is 36.4 Å². The van der Waals surface area contributed by atoms with E-state index in [1.54, 1.807) is 61.5 Å². The number of rotatable bonds is 7. The van der Waals surface area contributed by atoms with Gasteiger partial charge in [-0.3, -0.25) is 19.2 Å². The van der Waals surface area contributed by atoms with Gasteiger partial charge in [-0.05, 0) is 59.5 Å². The number of amides is 1. The summed E-state index contributed by atoms with van der Waals surface area (Å²) in [6, 6.07) is 22.5. The lowest BCUT2D eigenvalue weighted by atomic mass is 10.0. The largest absolute Gasteiger partial charge is 0.350 e. The minimum atomic E-state index is -4.16. The van der Waals surface area contributed by atoms with E-state index in [2.05, 4.69) is 5.32 Å². The molecule has 0 radical (unpaired) electrons. The third kappa shape index (κ3) is 4.98. The zero-order valence-corrected chi connectivity index (χ0v) is 21.7. The molecule has 8 nitrogen and oxygen atoms in total. The zero-order chi connectivity index (χ0) is 27.7. The second-order valence-electron chi connectivity index (χ2n) is 9.24. The Morgan fingerprint density at radius 1 is 1.03 bits per heavy atom. The van der Waals surface area contributed by atoms with E-state index in [0.29, 0.717) is 16.8 Å². The van der Waals surface area contributed by atoms with Crippen molar-refractivity contribution in [3.05, 3.63) is 124 Å². The van der Waals surface area contributed by atoms with Crippen LogP contribution in [0.3, 0.4) is 0 Å². The van der Waals surface area contributed by atoms with Crippen LogP contribution in [0.15, 0.2) is 95.9 Å². The summed E-state index contributed by atoms with van der Waals surface area (Å²) in [4.78, 5) is 24.2. The highest BCUT2D eigenvalue weighted by Crippen LogP contribution is 2.37. The van der Waals surface area contributed by atoms with Crippen molar-refractivity contribution in [2.75, 3.05) is 4.31 Å². The fourth-order valence-electron chi connectivity index (χ4n) is 4.86. The standard InChI is InChI=1S/C29H24FN3O5S/c1-19-16-23(30)12-15-25(19)20-10-13-24(14-11-20)39(37,38)32-26-8-4-2-6-21(26)17-28(32)29(34)31-18-22-7-3-5-9-27(22)33(35)36/h2-16,28H,17-18H2,1H3,(H,31,34)/t28-/m0/s1. The van der Waals surface area contributed by atoms with Crippen LogP contribution in [0.2, 0.25) is 0 Å². The van der Waals surface area contributed by atoms with Gasteiger partial charge in [0, 0.05) is 24.6 Å². The molecule has 0 bridgehead atoms. The Morgan fingerprint density at radius 2 is 1.72 bits per heavy atom. The number of benzene rings is 4. The minimum absolute atomic E-state index is 0.000727. The highest BCUT2D eigenvalue weighted by atomic mass is 32.2. The van der Waals surface area contributed by atoms with Gasteiger partial charge in [0.1, 0.15) is 11.9 Å². The summed E-state index contributed by atoms with van der Waals surface area (Å²) < 4.78 is 42.5. The fourth-order valence-corrected chi connectivity index (χ4v) is 6.51. The van der Waals surface area contributed by atoms with Crippen LogP contribution in [-0.4, -0.2) is 25.3 Å². The van der Waals surface area contributed by atoms with Crippen LogP contribution in [0.4, 0.5) is 15.8 Å². The maximum atomic E-state index is 13.9. The number of fused-ring (bicyclic) bond motifs is 1. The Hall–Kier alpha value is -4.57. The monoisotopic (exact) mass is 545 g/mol. The van der Waals surface area contributed by atoms with Crippen LogP contribution >= 0.6 is 0 Å². The highest BCUT2D eigenvalue weighted by Gasteiger charge is 2.42. The first-order valence-corrected chi connectivity index (χ1v) is 13.6. The van der Waals surface area contributed by atoms with E-state index in [4.69, 9.17) is 0 Å².